The summed E-state index contributed by atoms with van der Waals surface area (Å²) in [4.78, 5) is 6.10. The fraction of sp³-hybridized carbons (Fsp3) is 0.538. The van der Waals surface area contributed by atoms with Crippen LogP contribution < -0.4 is 10.6 Å². The summed E-state index contributed by atoms with van der Waals surface area (Å²) in [5, 5.41) is 22.2. The van der Waals surface area contributed by atoms with Gasteiger partial charge in [-0.1, -0.05) is 5.16 Å². The molecular weight excluding hydrogens is 260 g/mol. The quantitative estimate of drug-likeness (QED) is 0.314. The lowest BCUT2D eigenvalue weighted by molar-refractivity contribution is -0.0573. The number of nitrogens with zero attached hydrogens (tertiary/aromatic N) is 3. The first-order chi connectivity index (χ1) is 9.54. The summed E-state index contributed by atoms with van der Waals surface area (Å²) in [6.45, 7) is 1.60. The molecule has 0 spiro atoms. The highest BCUT2D eigenvalue weighted by molar-refractivity contribution is 5.97. The molecule has 2 heterocycles. The van der Waals surface area contributed by atoms with Crippen molar-refractivity contribution < 1.29 is 15.1 Å². The third-order valence-corrected chi connectivity index (χ3v) is 3.50. The largest absolute Gasteiger partial charge is 0.409 e. The van der Waals surface area contributed by atoms with Crippen LogP contribution in [0.5, 0.6) is 0 Å². The second kappa shape index (κ2) is 6.06. The highest BCUT2D eigenvalue weighted by Crippen LogP contribution is 2.23. The van der Waals surface area contributed by atoms with Gasteiger partial charge in [-0.05, 0) is 12.1 Å². The number of hydrogen-bond donors (Lipinski definition) is 3. The summed E-state index contributed by atoms with van der Waals surface area (Å²) < 4.78 is 5.26. The van der Waals surface area contributed by atoms with Gasteiger partial charge in [0.1, 0.15) is 5.82 Å². The SMILES string of the molecule is CN(CC1(O)CCOCC1)c1cc(/C(N)=N/O)ccn1. The molecule has 1 aliphatic rings. The number of nitrogens with two attached hydrogens (primary N) is 1. The summed E-state index contributed by atoms with van der Waals surface area (Å²) in [6.07, 6.45) is 2.81. The number of rotatable bonds is 4. The van der Waals surface area contributed by atoms with Gasteiger partial charge in [0.15, 0.2) is 5.84 Å². The maximum atomic E-state index is 10.5. The first-order valence-electron chi connectivity index (χ1n) is 6.49. The second-order valence-corrected chi connectivity index (χ2v) is 5.08. The Bertz CT molecular complexity index is 486. The molecule has 1 fully saturated rings. The molecule has 0 bridgehead atoms. The predicted molar refractivity (Wildman–Crippen MR) is 75.0 cm³/mol. The zero-order valence-electron chi connectivity index (χ0n) is 11.5. The molecule has 20 heavy (non-hydrogen) atoms. The maximum absolute atomic E-state index is 10.5. The number of amidine groups is 1. The number of ether oxygens (including phenoxy) is 1. The second-order valence-electron chi connectivity index (χ2n) is 5.08. The lowest BCUT2D eigenvalue weighted by atomic mass is 9.94. The molecule has 1 aromatic heterocycles. The van der Waals surface area contributed by atoms with E-state index in [-0.39, 0.29) is 5.84 Å². The number of aliphatic hydroxyl groups is 1. The number of likely N-dealkylation sites (N-methyl/N-ethyl adjacent to an activating group) is 1. The molecule has 4 N–H and O–H groups in total. The lowest BCUT2D eigenvalue weighted by Gasteiger charge is -2.35. The van der Waals surface area contributed by atoms with Gasteiger partial charge >= 0.3 is 0 Å². The van der Waals surface area contributed by atoms with E-state index in [9.17, 15) is 5.11 Å². The van der Waals surface area contributed by atoms with Gasteiger partial charge in [-0.25, -0.2) is 4.98 Å². The van der Waals surface area contributed by atoms with Crippen molar-refractivity contribution in [2.75, 3.05) is 31.7 Å². The molecule has 110 valence electrons. The van der Waals surface area contributed by atoms with Gasteiger partial charge in [0.25, 0.3) is 0 Å². The zero-order valence-corrected chi connectivity index (χ0v) is 11.5. The van der Waals surface area contributed by atoms with E-state index in [1.54, 1.807) is 18.3 Å². The standard InChI is InChI=1S/C13H20N4O3/c1-17(9-13(18)3-6-20-7-4-13)11-8-10(2-5-15-11)12(14)16-19/h2,5,8,18-19H,3-4,6-7,9H2,1H3,(H2,14,16). The average molecular weight is 280 g/mol. The van der Waals surface area contributed by atoms with E-state index in [4.69, 9.17) is 15.7 Å². The van der Waals surface area contributed by atoms with E-state index in [2.05, 4.69) is 10.1 Å². The van der Waals surface area contributed by atoms with Crippen LogP contribution in [-0.2, 0) is 4.74 Å². The minimum atomic E-state index is -0.763. The number of pyridine rings is 1. The van der Waals surface area contributed by atoms with Crippen LogP contribution >= 0.6 is 0 Å². The molecule has 1 aliphatic heterocycles. The number of hydrogen-bond acceptors (Lipinski definition) is 6. The number of oxime groups is 1. The summed E-state index contributed by atoms with van der Waals surface area (Å²) in [7, 11) is 1.85. The fourth-order valence-corrected chi connectivity index (χ4v) is 2.28. The molecule has 1 aromatic rings. The Morgan fingerprint density at radius 2 is 2.25 bits per heavy atom. The van der Waals surface area contributed by atoms with Gasteiger partial charge in [0.2, 0.25) is 0 Å². The smallest absolute Gasteiger partial charge is 0.170 e. The number of anilines is 1. The van der Waals surface area contributed by atoms with Gasteiger partial charge in [-0.3, -0.25) is 0 Å². The molecule has 2 rings (SSSR count). The van der Waals surface area contributed by atoms with Crippen molar-refractivity contribution in [1.29, 1.82) is 0 Å². The van der Waals surface area contributed by atoms with Gasteiger partial charge in [0, 0.05) is 51.4 Å². The van der Waals surface area contributed by atoms with Crippen molar-refractivity contribution in [2.45, 2.75) is 18.4 Å². The van der Waals surface area contributed by atoms with Crippen molar-refractivity contribution in [3.05, 3.63) is 23.9 Å². The van der Waals surface area contributed by atoms with E-state index in [1.165, 1.54) is 0 Å². The lowest BCUT2D eigenvalue weighted by Crippen LogP contribution is -2.46. The molecule has 1 saturated heterocycles. The summed E-state index contributed by atoms with van der Waals surface area (Å²) in [6, 6.07) is 3.38. The molecule has 0 saturated carbocycles. The maximum Gasteiger partial charge on any atom is 0.170 e. The Balaban J connectivity index is 2.10. The van der Waals surface area contributed by atoms with E-state index in [0.717, 1.165) is 0 Å². The molecule has 0 radical (unpaired) electrons. The Hall–Kier alpha value is -1.86. The topological polar surface area (TPSA) is 104 Å². The highest BCUT2D eigenvalue weighted by Gasteiger charge is 2.31. The van der Waals surface area contributed by atoms with Crippen LogP contribution in [0.25, 0.3) is 0 Å². The van der Waals surface area contributed by atoms with Crippen LogP contribution in [0.4, 0.5) is 5.82 Å². The summed E-state index contributed by atoms with van der Waals surface area (Å²) in [5.41, 5.74) is 5.39. The predicted octanol–water partition coefficient (Wildman–Crippen LogP) is 0.154. The van der Waals surface area contributed by atoms with Crippen molar-refractivity contribution in [3.8, 4) is 0 Å². The summed E-state index contributed by atoms with van der Waals surface area (Å²) >= 11 is 0. The van der Waals surface area contributed by atoms with Crippen molar-refractivity contribution >= 4 is 11.7 Å². The Kier molecular flexibility index (Phi) is 4.41. The average Bonchev–Trinajstić information content (AvgIpc) is 2.47. The van der Waals surface area contributed by atoms with E-state index >= 15 is 0 Å². The summed E-state index contributed by atoms with van der Waals surface area (Å²) in [5.74, 6) is 0.695. The first-order valence-corrected chi connectivity index (χ1v) is 6.49. The third-order valence-electron chi connectivity index (χ3n) is 3.50. The zero-order chi connectivity index (χ0) is 14.6. The van der Waals surface area contributed by atoms with E-state index < -0.39 is 5.60 Å². The van der Waals surface area contributed by atoms with Gasteiger partial charge in [0.05, 0.1) is 5.60 Å². The monoisotopic (exact) mass is 280 g/mol. The van der Waals surface area contributed by atoms with Crippen LogP contribution in [-0.4, -0.2) is 53.5 Å². The third kappa shape index (κ3) is 3.37. The normalized spacial score (nSPS) is 18.8. The Morgan fingerprint density at radius 3 is 2.90 bits per heavy atom. The fourth-order valence-electron chi connectivity index (χ4n) is 2.28. The van der Waals surface area contributed by atoms with Crippen LogP contribution in [0.1, 0.15) is 18.4 Å². The molecule has 0 unspecified atom stereocenters. The molecule has 7 nitrogen and oxygen atoms in total. The highest BCUT2D eigenvalue weighted by atomic mass is 16.5. The molecule has 0 aromatic carbocycles. The molecular formula is C13H20N4O3. The van der Waals surface area contributed by atoms with Crippen molar-refractivity contribution in [3.63, 3.8) is 0 Å². The molecule has 0 aliphatic carbocycles. The Morgan fingerprint density at radius 1 is 1.55 bits per heavy atom. The van der Waals surface area contributed by atoms with Gasteiger partial charge in [-0.2, -0.15) is 0 Å². The van der Waals surface area contributed by atoms with Crippen molar-refractivity contribution in [2.24, 2.45) is 10.9 Å². The van der Waals surface area contributed by atoms with Gasteiger partial charge < -0.3 is 25.7 Å². The van der Waals surface area contributed by atoms with Crippen LogP contribution in [0.2, 0.25) is 0 Å². The molecule has 0 amide bonds. The van der Waals surface area contributed by atoms with Crippen molar-refractivity contribution in [1.82, 2.24) is 4.98 Å². The van der Waals surface area contributed by atoms with Gasteiger partial charge in [-0.15, -0.1) is 0 Å². The minimum absolute atomic E-state index is 0.0341. The van der Waals surface area contributed by atoms with E-state index in [1.807, 2.05) is 11.9 Å². The van der Waals surface area contributed by atoms with E-state index in [0.29, 0.717) is 44.0 Å². The van der Waals surface area contributed by atoms with Crippen LogP contribution in [0, 0.1) is 0 Å². The molecule has 7 heteroatoms. The minimum Gasteiger partial charge on any atom is -0.409 e. The number of aromatic nitrogens is 1. The van der Waals surface area contributed by atoms with Crippen LogP contribution in [0.3, 0.4) is 0 Å². The first kappa shape index (κ1) is 14.5. The molecule has 0 atom stereocenters. The van der Waals surface area contributed by atoms with Crippen LogP contribution in [0.15, 0.2) is 23.5 Å². The Labute approximate surface area is 117 Å².